The van der Waals surface area contributed by atoms with Gasteiger partial charge in [-0.3, -0.25) is 0 Å². The lowest BCUT2D eigenvalue weighted by Crippen LogP contribution is -1.91. The average Bonchev–Trinajstić information content (AvgIpc) is 2.49. The largest absolute Gasteiger partial charge is 0.236 e. The van der Waals surface area contributed by atoms with Crippen molar-refractivity contribution in [2.75, 3.05) is 0 Å². The smallest absolute Gasteiger partial charge is 0.162 e. The SMILES string of the molecule is Clc1cccc(Cl)c1-c1ncc(-c2ccccc2)cn1. The van der Waals surface area contributed by atoms with Crippen molar-refractivity contribution in [2.24, 2.45) is 0 Å². The zero-order chi connectivity index (χ0) is 13.9. The van der Waals surface area contributed by atoms with E-state index in [-0.39, 0.29) is 0 Å². The van der Waals surface area contributed by atoms with E-state index < -0.39 is 0 Å². The lowest BCUT2D eigenvalue weighted by atomic mass is 10.1. The number of benzene rings is 2. The van der Waals surface area contributed by atoms with E-state index in [0.29, 0.717) is 21.4 Å². The summed E-state index contributed by atoms with van der Waals surface area (Å²) in [6, 6.07) is 15.3. The van der Waals surface area contributed by atoms with Crippen molar-refractivity contribution in [3.63, 3.8) is 0 Å². The molecule has 3 aromatic rings. The predicted molar refractivity (Wildman–Crippen MR) is 82.9 cm³/mol. The Hall–Kier alpha value is -1.90. The molecule has 1 aromatic heterocycles. The first-order valence-corrected chi connectivity index (χ1v) is 6.83. The molecular weight excluding hydrogens is 291 g/mol. The van der Waals surface area contributed by atoms with Gasteiger partial charge in [0.05, 0.1) is 15.6 Å². The van der Waals surface area contributed by atoms with Gasteiger partial charge in [0.25, 0.3) is 0 Å². The third-order valence-corrected chi connectivity index (χ3v) is 3.58. The topological polar surface area (TPSA) is 25.8 Å². The first-order chi connectivity index (χ1) is 9.75. The minimum Gasteiger partial charge on any atom is -0.236 e. The van der Waals surface area contributed by atoms with Crippen LogP contribution in [0.5, 0.6) is 0 Å². The maximum atomic E-state index is 6.16. The van der Waals surface area contributed by atoms with Crippen LogP contribution in [0, 0.1) is 0 Å². The van der Waals surface area contributed by atoms with Gasteiger partial charge in [0, 0.05) is 18.0 Å². The summed E-state index contributed by atoms with van der Waals surface area (Å²) in [5.41, 5.74) is 2.69. The lowest BCUT2D eigenvalue weighted by Gasteiger charge is -2.06. The number of nitrogens with zero attached hydrogens (tertiary/aromatic N) is 2. The molecule has 4 heteroatoms. The highest BCUT2D eigenvalue weighted by atomic mass is 35.5. The van der Waals surface area contributed by atoms with Gasteiger partial charge in [-0.05, 0) is 17.7 Å². The Morgan fingerprint density at radius 3 is 1.85 bits per heavy atom. The molecule has 0 fully saturated rings. The number of aromatic nitrogens is 2. The normalized spacial score (nSPS) is 10.5. The molecule has 0 aliphatic heterocycles. The Balaban J connectivity index is 2.02. The van der Waals surface area contributed by atoms with Crippen LogP contribution in [-0.4, -0.2) is 9.97 Å². The van der Waals surface area contributed by atoms with Crippen LogP contribution in [0.3, 0.4) is 0 Å². The highest BCUT2D eigenvalue weighted by Gasteiger charge is 2.11. The zero-order valence-electron chi connectivity index (χ0n) is 10.4. The Bertz CT molecular complexity index is 705. The molecule has 2 nitrogen and oxygen atoms in total. The fourth-order valence-corrected chi connectivity index (χ4v) is 2.51. The molecule has 0 N–H and O–H groups in total. The van der Waals surface area contributed by atoms with E-state index in [1.54, 1.807) is 30.6 Å². The van der Waals surface area contributed by atoms with Crippen molar-refractivity contribution < 1.29 is 0 Å². The first-order valence-electron chi connectivity index (χ1n) is 6.07. The Labute approximate surface area is 127 Å². The van der Waals surface area contributed by atoms with Gasteiger partial charge in [0.2, 0.25) is 0 Å². The van der Waals surface area contributed by atoms with E-state index in [1.165, 1.54) is 0 Å². The molecule has 0 spiro atoms. The molecule has 0 unspecified atom stereocenters. The fourth-order valence-electron chi connectivity index (χ4n) is 1.95. The second-order valence-corrected chi connectivity index (χ2v) is 5.07. The standard InChI is InChI=1S/C16H10Cl2N2/c17-13-7-4-8-14(18)15(13)16-19-9-12(10-20-16)11-5-2-1-3-6-11/h1-10H. The molecule has 3 rings (SSSR count). The molecule has 0 aliphatic carbocycles. The lowest BCUT2D eigenvalue weighted by molar-refractivity contribution is 1.18. The minimum atomic E-state index is 0.528. The average molecular weight is 301 g/mol. The van der Waals surface area contributed by atoms with Crippen molar-refractivity contribution in [3.05, 3.63) is 71.0 Å². The molecule has 0 atom stereocenters. The predicted octanol–water partition coefficient (Wildman–Crippen LogP) is 5.12. The molecule has 0 saturated heterocycles. The van der Waals surface area contributed by atoms with Crippen molar-refractivity contribution in [2.45, 2.75) is 0 Å². The van der Waals surface area contributed by atoms with E-state index in [4.69, 9.17) is 23.2 Å². The van der Waals surface area contributed by atoms with E-state index in [1.807, 2.05) is 30.3 Å². The molecular formula is C16H10Cl2N2. The molecule has 20 heavy (non-hydrogen) atoms. The van der Waals surface area contributed by atoms with Gasteiger partial charge in [-0.2, -0.15) is 0 Å². The van der Waals surface area contributed by atoms with Crippen LogP contribution in [0.15, 0.2) is 60.9 Å². The van der Waals surface area contributed by atoms with Crippen LogP contribution in [0.25, 0.3) is 22.5 Å². The molecule has 0 aliphatic rings. The summed E-state index contributed by atoms with van der Waals surface area (Å²) in [6.45, 7) is 0. The van der Waals surface area contributed by atoms with Crippen molar-refractivity contribution in [1.29, 1.82) is 0 Å². The summed E-state index contributed by atoms with van der Waals surface area (Å²) in [7, 11) is 0. The van der Waals surface area contributed by atoms with Gasteiger partial charge in [-0.1, -0.05) is 59.6 Å². The summed E-state index contributed by atoms with van der Waals surface area (Å²) in [6.07, 6.45) is 3.55. The van der Waals surface area contributed by atoms with Crippen molar-refractivity contribution in [3.8, 4) is 22.5 Å². The molecule has 2 aromatic carbocycles. The molecule has 98 valence electrons. The number of hydrogen-bond acceptors (Lipinski definition) is 2. The van der Waals surface area contributed by atoms with Crippen LogP contribution >= 0.6 is 23.2 Å². The van der Waals surface area contributed by atoms with Gasteiger partial charge < -0.3 is 0 Å². The van der Waals surface area contributed by atoms with E-state index >= 15 is 0 Å². The highest BCUT2D eigenvalue weighted by molar-refractivity contribution is 6.38. The molecule has 0 saturated carbocycles. The Morgan fingerprint density at radius 1 is 0.650 bits per heavy atom. The zero-order valence-corrected chi connectivity index (χ0v) is 11.9. The van der Waals surface area contributed by atoms with Crippen LogP contribution < -0.4 is 0 Å². The Kier molecular flexibility index (Phi) is 3.68. The van der Waals surface area contributed by atoms with E-state index in [9.17, 15) is 0 Å². The van der Waals surface area contributed by atoms with Crippen LogP contribution in [-0.2, 0) is 0 Å². The summed E-state index contributed by atoms with van der Waals surface area (Å²) in [4.78, 5) is 8.73. The summed E-state index contributed by atoms with van der Waals surface area (Å²) in [5.74, 6) is 0.528. The summed E-state index contributed by atoms with van der Waals surface area (Å²) in [5, 5.41) is 1.09. The third kappa shape index (κ3) is 2.53. The molecule has 0 radical (unpaired) electrons. The van der Waals surface area contributed by atoms with Crippen LogP contribution in [0.2, 0.25) is 10.0 Å². The van der Waals surface area contributed by atoms with Crippen molar-refractivity contribution >= 4 is 23.2 Å². The van der Waals surface area contributed by atoms with Gasteiger partial charge in [0.15, 0.2) is 5.82 Å². The van der Waals surface area contributed by atoms with E-state index in [2.05, 4.69) is 9.97 Å². The fraction of sp³-hybridized carbons (Fsp3) is 0. The van der Waals surface area contributed by atoms with Gasteiger partial charge in [-0.25, -0.2) is 9.97 Å². The van der Waals surface area contributed by atoms with Gasteiger partial charge >= 0.3 is 0 Å². The van der Waals surface area contributed by atoms with Crippen LogP contribution in [0.1, 0.15) is 0 Å². The first kappa shape index (κ1) is 13.1. The highest BCUT2D eigenvalue weighted by Crippen LogP contribution is 2.32. The monoisotopic (exact) mass is 300 g/mol. The maximum absolute atomic E-state index is 6.16. The second-order valence-electron chi connectivity index (χ2n) is 4.26. The van der Waals surface area contributed by atoms with Crippen molar-refractivity contribution in [1.82, 2.24) is 9.97 Å². The van der Waals surface area contributed by atoms with Gasteiger partial charge in [-0.15, -0.1) is 0 Å². The molecule has 0 amide bonds. The number of hydrogen-bond donors (Lipinski definition) is 0. The molecule has 1 heterocycles. The third-order valence-electron chi connectivity index (χ3n) is 2.95. The van der Waals surface area contributed by atoms with E-state index in [0.717, 1.165) is 11.1 Å². The maximum Gasteiger partial charge on any atom is 0.162 e. The quantitative estimate of drug-likeness (QED) is 0.656. The summed E-state index contributed by atoms with van der Waals surface area (Å²) >= 11 is 12.3. The molecule has 0 bridgehead atoms. The van der Waals surface area contributed by atoms with Crippen LogP contribution in [0.4, 0.5) is 0 Å². The van der Waals surface area contributed by atoms with Gasteiger partial charge in [0.1, 0.15) is 0 Å². The Morgan fingerprint density at radius 2 is 1.25 bits per heavy atom. The minimum absolute atomic E-state index is 0.528. The second kappa shape index (κ2) is 5.61. The number of halogens is 2. The summed E-state index contributed by atoms with van der Waals surface area (Å²) < 4.78 is 0. The number of rotatable bonds is 2.